The van der Waals surface area contributed by atoms with Gasteiger partial charge in [0.25, 0.3) is 0 Å². The lowest BCUT2D eigenvalue weighted by Crippen LogP contribution is -2.13. The molecule has 1 fully saturated rings. The lowest BCUT2D eigenvalue weighted by Gasteiger charge is -1.99. The van der Waals surface area contributed by atoms with Crippen LogP contribution in [0.2, 0.25) is 0 Å². The summed E-state index contributed by atoms with van der Waals surface area (Å²) in [4.78, 5) is 6.08. The largest absolute Gasteiger partial charge is 0.312 e. The predicted molar refractivity (Wildman–Crippen MR) is 65.3 cm³/mol. The molecule has 2 rings (SSSR count). The van der Waals surface area contributed by atoms with Crippen molar-refractivity contribution in [2.24, 2.45) is 5.92 Å². The first-order chi connectivity index (χ1) is 7.29. The molecule has 0 bridgehead atoms. The molecule has 1 aliphatic rings. The van der Waals surface area contributed by atoms with Crippen molar-refractivity contribution in [2.45, 2.75) is 46.1 Å². The summed E-state index contributed by atoms with van der Waals surface area (Å²) in [5.74, 6) is 0.951. The number of nitrogens with one attached hydrogen (secondary N) is 1. The van der Waals surface area contributed by atoms with Gasteiger partial charge in [0.05, 0.1) is 10.7 Å². The monoisotopic (exact) mass is 224 g/mol. The van der Waals surface area contributed by atoms with Crippen LogP contribution in [0.1, 0.15) is 41.8 Å². The van der Waals surface area contributed by atoms with Crippen molar-refractivity contribution in [3.8, 4) is 0 Å². The van der Waals surface area contributed by atoms with E-state index in [0.717, 1.165) is 19.0 Å². The van der Waals surface area contributed by atoms with Crippen molar-refractivity contribution >= 4 is 11.3 Å². The van der Waals surface area contributed by atoms with E-state index in [1.54, 1.807) is 0 Å². The molecule has 0 amide bonds. The van der Waals surface area contributed by atoms with Crippen LogP contribution >= 0.6 is 11.3 Å². The van der Waals surface area contributed by atoms with Gasteiger partial charge in [0.15, 0.2) is 0 Å². The van der Waals surface area contributed by atoms with E-state index in [1.807, 2.05) is 11.3 Å². The van der Waals surface area contributed by atoms with Crippen molar-refractivity contribution in [3.05, 3.63) is 15.6 Å². The quantitative estimate of drug-likeness (QED) is 0.752. The molecule has 0 aliphatic heterocycles. The SMILES string of the molecule is CCCNCc1sc(CC2CC2)nc1C. The Morgan fingerprint density at radius 2 is 2.27 bits per heavy atom. The highest BCUT2D eigenvalue weighted by atomic mass is 32.1. The molecule has 1 heterocycles. The topological polar surface area (TPSA) is 24.9 Å². The summed E-state index contributed by atoms with van der Waals surface area (Å²) in [5, 5.41) is 4.80. The van der Waals surface area contributed by atoms with E-state index >= 15 is 0 Å². The van der Waals surface area contributed by atoms with Crippen LogP contribution < -0.4 is 5.32 Å². The third-order valence-electron chi connectivity index (χ3n) is 2.81. The zero-order chi connectivity index (χ0) is 10.7. The predicted octanol–water partition coefficient (Wildman–Crippen LogP) is 2.90. The highest BCUT2D eigenvalue weighted by Gasteiger charge is 2.23. The van der Waals surface area contributed by atoms with E-state index in [9.17, 15) is 0 Å². The zero-order valence-electron chi connectivity index (χ0n) is 9.68. The zero-order valence-corrected chi connectivity index (χ0v) is 10.5. The molecule has 0 spiro atoms. The van der Waals surface area contributed by atoms with Gasteiger partial charge in [0.2, 0.25) is 0 Å². The number of aromatic nitrogens is 1. The number of hydrogen-bond donors (Lipinski definition) is 1. The summed E-state index contributed by atoms with van der Waals surface area (Å²) in [6, 6.07) is 0. The fourth-order valence-corrected chi connectivity index (χ4v) is 2.84. The molecule has 84 valence electrons. The van der Waals surface area contributed by atoms with E-state index in [1.165, 1.54) is 41.3 Å². The Labute approximate surface area is 96.1 Å². The molecule has 0 aromatic carbocycles. The van der Waals surface area contributed by atoms with Gasteiger partial charge in [-0.05, 0) is 38.6 Å². The summed E-state index contributed by atoms with van der Waals surface area (Å²) >= 11 is 1.90. The Morgan fingerprint density at radius 3 is 2.93 bits per heavy atom. The highest BCUT2D eigenvalue weighted by molar-refractivity contribution is 7.11. The maximum Gasteiger partial charge on any atom is 0.0934 e. The smallest absolute Gasteiger partial charge is 0.0934 e. The summed E-state index contributed by atoms with van der Waals surface area (Å²) in [6.07, 6.45) is 5.26. The molecule has 0 unspecified atom stereocenters. The van der Waals surface area contributed by atoms with Crippen LogP contribution in [0.5, 0.6) is 0 Å². The fraction of sp³-hybridized carbons (Fsp3) is 0.750. The van der Waals surface area contributed by atoms with E-state index in [2.05, 4.69) is 24.1 Å². The van der Waals surface area contributed by atoms with Crippen LogP contribution in [-0.4, -0.2) is 11.5 Å². The molecule has 0 radical (unpaired) electrons. The van der Waals surface area contributed by atoms with E-state index in [0.29, 0.717) is 0 Å². The van der Waals surface area contributed by atoms with Crippen molar-refractivity contribution in [1.82, 2.24) is 10.3 Å². The fourth-order valence-electron chi connectivity index (χ4n) is 1.69. The number of nitrogens with zero attached hydrogens (tertiary/aromatic N) is 1. The van der Waals surface area contributed by atoms with Gasteiger partial charge in [-0.25, -0.2) is 4.98 Å². The van der Waals surface area contributed by atoms with Crippen molar-refractivity contribution in [3.63, 3.8) is 0 Å². The van der Waals surface area contributed by atoms with Gasteiger partial charge in [0.1, 0.15) is 0 Å². The van der Waals surface area contributed by atoms with Gasteiger partial charge in [-0.15, -0.1) is 11.3 Å². The summed E-state index contributed by atoms with van der Waals surface area (Å²) in [7, 11) is 0. The van der Waals surface area contributed by atoms with E-state index in [-0.39, 0.29) is 0 Å². The van der Waals surface area contributed by atoms with Crippen LogP contribution in [0.15, 0.2) is 0 Å². The number of rotatable bonds is 6. The molecular weight excluding hydrogens is 204 g/mol. The van der Waals surface area contributed by atoms with Crippen LogP contribution in [0.25, 0.3) is 0 Å². The first kappa shape index (κ1) is 11.1. The Hall–Kier alpha value is -0.410. The third-order valence-corrected chi connectivity index (χ3v) is 3.99. The molecule has 1 aromatic rings. The van der Waals surface area contributed by atoms with Crippen LogP contribution in [0, 0.1) is 12.8 Å². The second kappa shape index (κ2) is 5.08. The Balaban J connectivity index is 1.88. The van der Waals surface area contributed by atoms with Crippen molar-refractivity contribution in [2.75, 3.05) is 6.54 Å². The third kappa shape index (κ3) is 3.28. The first-order valence-corrected chi connectivity index (χ1v) is 6.77. The second-order valence-electron chi connectivity index (χ2n) is 4.44. The van der Waals surface area contributed by atoms with Crippen molar-refractivity contribution < 1.29 is 0 Å². The minimum Gasteiger partial charge on any atom is -0.312 e. The Bertz CT molecular complexity index is 315. The van der Waals surface area contributed by atoms with Crippen LogP contribution in [0.3, 0.4) is 0 Å². The number of thiazole rings is 1. The Kier molecular flexibility index (Phi) is 3.76. The summed E-state index contributed by atoms with van der Waals surface area (Å²) in [6.45, 7) is 6.44. The number of hydrogen-bond acceptors (Lipinski definition) is 3. The van der Waals surface area contributed by atoms with Gasteiger partial charge in [0, 0.05) is 17.8 Å². The summed E-state index contributed by atoms with van der Waals surface area (Å²) in [5.41, 5.74) is 1.24. The number of aryl methyl sites for hydroxylation is 1. The van der Waals surface area contributed by atoms with Crippen LogP contribution in [0.4, 0.5) is 0 Å². The lowest BCUT2D eigenvalue weighted by molar-refractivity contribution is 0.678. The van der Waals surface area contributed by atoms with E-state index < -0.39 is 0 Å². The van der Waals surface area contributed by atoms with Gasteiger partial charge >= 0.3 is 0 Å². The van der Waals surface area contributed by atoms with Gasteiger partial charge in [-0.1, -0.05) is 6.92 Å². The summed E-state index contributed by atoms with van der Waals surface area (Å²) < 4.78 is 0. The first-order valence-electron chi connectivity index (χ1n) is 5.95. The molecule has 1 aliphatic carbocycles. The maximum absolute atomic E-state index is 4.65. The van der Waals surface area contributed by atoms with Crippen molar-refractivity contribution in [1.29, 1.82) is 0 Å². The van der Waals surface area contributed by atoms with Gasteiger partial charge < -0.3 is 5.32 Å². The molecule has 15 heavy (non-hydrogen) atoms. The second-order valence-corrected chi connectivity index (χ2v) is 5.61. The molecule has 1 aromatic heterocycles. The van der Waals surface area contributed by atoms with Crippen LogP contribution in [-0.2, 0) is 13.0 Å². The maximum atomic E-state index is 4.65. The normalized spacial score (nSPS) is 15.9. The lowest BCUT2D eigenvalue weighted by atomic mass is 10.3. The molecule has 3 heteroatoms. The average Bonchev–Trinajstić information content (AvgIpc) is 2.93. The minimum absolute atomic E-state index is 0.951. The minimum atomic E-state index is 0.951. The molecule has 1 saturated carbocycles. The molecule has 0 atom stereocenters. The Morgan fingerprint density at radius 1 is 1.47 bits per heavy atom. The van der Waals surface area contributed by atoms with Gasteiger partial charge in [-0.3, -0.25) is 0 Å². The standard InChI is InChI=1S/C12H20N2S/c1-3-6-13-8-11-9(2)14-12(15-11)7-10-4-5-10/h10,13H,3-8H2,1-2H3. The average molecular weight is 224 g/mol. The molecule has 2 nitrogen and oxygen atoms in total. The molecular formula is C12H20N2S. The van der Waals surface area contributed by atoms with E-state index in [4.69, 9.17) is 0 Å². The highest BCUT2D eigenvalue weighted by Crippen LogP contribution is 2.34. The molecule has 1 N–H and O–H groups in total. The molecule has 0 saturated heterocycles. The van der Waals surface area contributed by atoms with Gasteiger partial charge in [-0.2, -0.15) is 0 Å².